The summed E-state index contributed by atoms with van der Waals surface area (Å²) in [4.78, 5) is 18.1. The summed E-state index contributed by atoms with van der Waals surface area (Å²) in [6, 6.07) is 24.7. The molecular weight excluding hydrogens is 434 g/mol. The van der Waals surface area contributed by atoms with Gasteiger partial charge in [-0.2, -0.15) is 5.10 Å². The lowest BCUT2D eigenvalue weighted by Crippen LogP contribution is -2.27. The van der Waals surface area contributed by atoms with Crippen LogP contribution >= 0.6 is 11.6 Å². The number of benzene rings is 3. The highest BCUT2D eigenvalue weighted by Crippen LogP contribution is 2.39. The predicted octanol–water partition coefficient (Wildman–Crippen LogP) is 6.20. The molecule has 0 saturated carbocycles. The van der Waals surface area contributed by atoms with Crippen molar-refractivity contribution in [1.29, 1.82) is 0 Å². The zero-order chi connectivity index (χ0) is 22.9. The topological polar surface area (TPSA) is 54.8 Å². The molecule has 33 heavy (non-hydrogen) atoms. The minimum absolute atomic E-state index is 0.176. The van der Waals surface area contributed by atoms with Gasteiger partial charge in [-0.05, 0) is 36.8 Å². The number of aryl methyl sites for hydroxylation is 1. The summed E-state index contributed by atoms with van der Waals surface area (Å²) in [6.07, 6.45) is 0.540. The molecule has 0 unspecified atom stereocenters. The summed E-state index contributed by atoms with van der Waals surface area (Å²) in [7, 11) is 1.61. The Bertz CT molecular complexity index is 1370. The monoisotopic (exact) mass is 455 g/mol. The third-order valence-corrected chi connectivity index (χ3v) is 6.20. The number of methoxy groups -OCH3 is 1. The van der Waals surface area contributed by atoms with Crippen LogP contribution in [0.25, 0.3) is 10.9 Å². The zero-order valence-electron chi connectivity index (χ0n) is 18.3. The molecule has 0 spiro atoms. The molecule has 0 fully saturated rings. The van der Waals surface area contributed by atoms with Gasteiger partial charge in [-0.3, -0.25) is 4.79 Å². The van der Waals surface area contributed by atoms with Crippen LogP contribution in [0.1, 0.15) is 39.5 Å². The highest BCUT2D eigenvalue weighted by molar-refractivity contribution is 6.30. The van der Waals surface area contributed by atoms with Crippen molar-refractivity contribution in [2.75, 3.05) is 7.11 Å². The molecule has 164 valence electrons. The number of ether oxygens (including phenoxy) is 1. The quantitative estimate of drug-likeness (QED) is 0.344. The number of fused-ring (bicyclic) bond motifs is 1. The van der Waals surface area contributed by atoms with E-state index in [9.17, 15) is 4.79 Å². The SMILES string of the molecule is COc1cccc2cc([C@@H]3CC(c4ccc(C)cc4)=NN3C(=O)c3ccccc3)c(Cl)nc12. The van der Waals surface area contributed by atoms with Crippen LogP contribution in [0.2, 0.25) is 5.15 Å². The highest BCUT2D eigenvalue weighted by Gasteiger charge is 2.35. The van der Waals surface area contributed by atoms with Gasteiger partial charge in [0.05, 0.1) is 18.9 Å². The number of halogens is 1. The van der Waals surface area contributed by atoms with E-state index in [4.69, 9.17) is 21.4 Å². The van der Waals surface area contributed by atoms with E-state index in [1.165, 1.54) is 5.56 Å². The molecule has 0 bridgehead atoms. The Morgan fingerprint density at radius 1 is 1.03 bits per heavy atom. The van der Waals surface area contributed by atoms with Crippen molar-refractivity contribution in [3.8, 4) is 5.75 Å². The van der Waals surface area contributed by atoms with E-state index in [1.54, 1.807) is 24.3 Å². The molecule has 0 N–H and O–H groups in total. The number of amides is 1. The molecule has 4 aromatic rings. The number of carbonyl (C=O) groups is 1. The van der Waals surface area contributed by atoms with Crippen molar-refractivity contribution in [3.05, 3.63) is 106 Å². The molecule has 6 heteroatoms. The Labute approximate surface area is 197 Å². The number of rotatable bonds is 4. The number of nitrogens with zero attached hydrogens (tertiary/aromatic N) is 3. The van der Waals surface area contributed by atoms with Crippen molar-refractivity contribution in [2.24, 2.45) is 5.10 Å². The van der Waals surface area contributed by atoms with Crippen LogP contribution in [0.3, 0.4) is 0 Å². The van der Waals surface area contributed by atoms with Gasteiger partial charge in [0.25, 0.3) is 5.91 Å². The Morgan fingerprint density at radius 3 is 2.52 bits per heavy atom. The van der Waals surface area contributed by atoms with E-state index < -0.39 is 0 Å². The van der Waals surface area contributed by atoms with E-state index in [0.717, 1.165) is 22.2 Å². The number of pyridine rings is 1. The summed E-state index contributed by atoms with van der Waals surface area (Å²) >= 11 is 6.69. The first kappa shape index (κ1) is 21.2. The summed E-state index contributed by atoms with van der Waals surface area (Å²) < 4.78 is 5.44. The van der Waals surface area contributed by atoms with Crippen LogP contribution in [-0.4, -0.2) is 28.7 Å². The Kier molecular flexibility index (Phi) is 5.56. The number of hydrogen-bond donors (Lipinski definition) is 0. The summed E-state index contributed by atoms with van der Waals surface area (Å²) in [5.41, 5.74) is 5.01. The van der Waals surface area contributed by atoms with Crippen LogP contribution < -0.4 is 4.74 Å². The number of para-hydroxylation sites is 1. The van der Waals surface area contributed by atoms with Crippen molar-refractivity contribution in [1.82, 2.24) is 9.99 Å². The second-order valence-electron chi connectivity index (χ2n) is 8.05. The second-order valence-corrected chi connectivity index (χ2v) is 8.41. The van der Waals surface area contributed by atoms with Crippen molar-refractivity contribution < 1.29 is 9.53 Å². The minimum Gasteiger partial charge on any atom is -0.494 e. The standard InChI is InChI=1S/C27H22ClN3O2/c1-17-11-13-18(14-12-17)22-16-23(31(30-22)27(32)19-7-4-3-5-8-19)21-15-20-9-6-10-24(33-2)25(20)29-26(21)28/h3-15,23H,16H2,1-2H3/t23-/m0/s1. The molecule has 0 radical (unpaired) electrons. The van der Waals surface area contributed by atoms with Gasteiger partial charge in [0, 0.05) is 22.9 Å². The number of carbonyl (C=O) groups excluding carboxylic acids is 1. The fraction of sp³-hybridized carbons (Fsp3) is 0.148. The highest BCUT2D eigenvalue weighted by atomic mass is 35.5. The smallest absolute Gasteiger partial charge is 0.274 e. The predicted molar refractivity (Wildman–Crippen MR) is 131 cm³/mol. The third-order valence-electron chi connectivity index (χ3n) is 5.89. The summed E-state index contributed by atoms with van der Waals surface area (Å²) in [5, 5.41) is 7.54. The van der Waals surface area contributed by atoms with E-state index in [0.29, 0.717) is 28.4 Å². The first-order valence-corrected chi connectivity index (χ1v) is 11.1. The van der Waals surface area contributed by atoms with Crippen LogP contribution in [-0.2, 0) is 0 Å². The molecule has 1 atom stereocenters. The molecule has 1 amide bonds. The Hall–Kier alpha value is -3.70. The number of hydrazone groups is 1. The first-order chi connectivity index (χ1) is 16.0. The zero-order valence-corrected chi connectivity index (χ0v) is 19.1. The van der Waals surface area contributed by atoms with Gasteiger partial charge in [0.1, 0.15) is 16.4 Å². The molecule has 0 saturated heterocycles. The normalized spacial score (nSPS) is 15.5. The van der Waals surface area contributed by atoms with Gasteiger partial charge in [0.2, 0.25) is 0 Å². The maximum Gasteiger partial charge on any atom is 0.274 e. The average molecular weight is 456 g/mol. The first-order valence-electron chi connectivity index (χ1n) is 10.7. The number of hydrogen-bond acceptors (Lipinski definition) is 4. The number of aromatic nitrogens is 1. The van der Waals surface area contributed by atoms with E-state index in [2.05, 4.69) is 4.98 Å². The fourth-order valence-electron chi connectivity index (χ4n) is 4.14. The Balaban J connectivity index is 1.61. The van der Waals surface area contributed by atoms with Gasteiger partial charge in [0.15, 0.2) is 0 Å². The molecule has 3 aromatic carbocycles. The second kappa shape index (κ2) is 8.68. The van der Waals surface area contributed by atoms with Gasteiger partial charge in [-0.15, -0.1) is 0 Å². The average Bonchev–Trinajstić information content (AvgIpc) is 3.29. The third kappa shape index (κ3) is 3.96. The van der Waals surface area contributed by atoms with Crippen LogP contribution in [0.15, 0.2) is 84.0 Å². The molecular formula is C27H22ClN3O2. The molecule has 0 aliphatic carbocycles. The van der Waals surface area contributed by atoms with E-state index >= 15 is 0 Å². The lowest BCUT2D eigenvalue weighted by Gasteiger charge is -2.23. The largest absolute Gasteiger partial charge is 0.494 e. The molecule has 2 heterocycles. The minimum atomic E-state index is -0.371. The van der Waals surface area contributed by atoms with Crippen LogP contribution in [0.4, 0.5) is 0 Å². The van der Waals surface area contributed by atoms with Crippen molar-refractivity contribution in [2.45, 2.75) is 19.4 Å². The summed E-state index contributed by atoms with van der Waals surface area (Å²) in [6.45, 7) is 2.04. The molecule has 5 nitrogen and oxygen atoms in total. The van der Waals surface area contributed by atoms with Crippen LogP contribution in [0, 0.1) is 6.92 Å². The maximum atomic E-state index is 13.5. The van der Waals surface area contributed by atoms with E-state index in [1.807, 2.05) is 73.7 Å². The van der Waals surface area contributed by atoms with E-state index in [-0.39, 0.29) is 11.9 Å². The summed E-state index contributed by atoms with van der Waals surface area (Å²) in [5.74, 6) is 0.478. The van der Waals surface area contributed by atoms with Crippen LogP contribution in [0.5, 0.6) is 5.75 Å². The lowest BCUT2D eigenvalue weighted by molar-refractivity contribution is 0.0711. The fourth-order valence-corrected chi connectivity index (χ4v) is 4.40. The lowest BCUT2D eigenvalue weighted by atomic mass is 9.97. The van der Waals surface area contributed by atoms with Crippen molar-refractivity contribution >= 4 is 34.1 Å². The molecule has 5 rings (SSSR count). The Morgan fingerprint density at radius 2 is 1.79 bits per heavy atom. The maximum absolute atomic E-state index is 13.5. The van der Waals surface area contributed by atoms with Gasteiger partial charge in [-0.25, -0.2) is 9.99 Å². The van der Waals surface area contributed by atoms with Gasteiger partial charge < -0.3 is 4.74 Å². The van der Waals surface area contributed by atoms with Gasteiger partial charge >= 0.3 is 0 Å². The molecule has 1 aromatic heterocycles. The van der Waals surface area contributed by atoms with Crippen molar-refractivity contribution in [3.63, 3.8) is 0 Å². The molecule has 1 aliphatic rings. The molecule has 1 aliphatic heterocycles. The van der Waals surface area contributed by atoms with Gasteiger partial charge in [-0.1, -0.05) is 71.8 Å².